The van der Waals surface area contributed by atoms with Crippen molar-refractivity contribution in [1.29, 1.82) is 0 Å². The van der Waals surface area contributed by atoms with Gasteiger partial charge >= 0.3 is 0 Å². The molecule has 1 heterocycles. The maximum Gasteiger partial charge on any atom is 0.256 e. The van der Waals surface area contributed by atoms with E-state index in [0.29, 0.717) is 0 Å². The molecule has 0 saturated heterocycles. The van der Waals surface area contributed by atoms with E-state index < -0.39 is 0 Å². The topological polar surface area (TPSA) is 20.3 Å². The molecule has 1 aliphatic heterocycles. The number of allylic oxidation sites excluding steroid dienone is 1. The van der Waals surface area contributed by atoms with Crippen LogP contribution in [-0.2, 0) is 4.79 Å². The Bertz CT molecular complexity index is 656. The van der Waals surface area contributed by atoms with Crippen LogP contribution in [0.25, 0.3) is 5.57 Å². The summed E-state index contributed by atoms with van der Waals surface area (Å²) < 4.78 is 0. The molecular weight excluding hydrogens is 234 g/mol. The van der Waals surface area contributed by atoms with E-state index in [1.54, 1.807) is 11.0 Å². The van der Waals surface area contributed by atoms with Crippen LogP contribution < -0.4 is 4.90 Å². The summed E-state index contributed by atoms with van der Waals surface area (Å²) in [4.78, 5) is 13.8. The molecule has 0 saturated carbocycles. The van der Waals surface area contributed by atoms with Gasteiger partial charge < -0.3 is 0 Å². The maximum atomic E-state index is 12.2. The molecule has 2 nitrogen and oxygen atoms in total. The average Bonchev–Trinajstić information content (AvgIpc) is 2.76. The fraction of sp³-hybridized carbons (Fsp3) is 0. The standard InChI is InChI=1S/C17H13NO/c1-13-16(14-8-4-2-5-9-14)12-17(19)18(13)15-10-6-3-7-11-15/h2-12H,1H2. The van der Waals surface area contributed by atoms with Crippen LogP contribution in [-0.4, -0.2) is 5.91 Å². The van der Waals surface area contributed by atoms with Crippen LogP contribution in [0, 0.1) is 0 Å². The van der Waals surface area contributed by atoms with E-state index in [2.05, 4.69) is 6.58 Å². The summed E-state index contributed by atoms with van der Waals surface area (Å²) >= 11 is 0. The molecule has 0 radical (unpaired) electrons. The van der Waals surface area contributed by atoms with Gasteiger partial charge in [-0.05, 0) is 17.7 Å². The Morgan fingerprint density at radius 2 is 1.42 bits per heavy atom. The Balaban J connectivity index is 1.99. The molecule has 1 amide bonds. The second-order valence-electron chi connectivity index (χ2n) is 4.38. The number of benzene rings is 2. The summed E-state index contributed by atoms with van der Waals surface area (Å²) in [6.07, 6.45) is 1.64. The number of hydrogen-bond acceptors (Lipinski definition) is 1. The van der Waals surface area contributed by atoms with E-state index >= 15 is 0 Å². The van der Waals surface area contributed by atoms with Gasteiger partial charge in [0.05, 0.1) is 5.70 Å². The molecule has 0 atom stereocenters. The van der Waals surface area contributed by atoms with Gasteiger partial charge in [0.25, 0.3) is 5.91 Å². The lowest BCUT2D eigenvalue weighted by Crippen LogP contribution is -2.22. The monoisotopic (exact) mass is 247 g/mol. The number of para-hydroxylation sites is 1. The Morgan fingerprint density at radius 3 is 2.05 bits per heavy atom. The Morgan fingerprint density at radius 1 is 0.842 bits per heavy atom. The second kappa shape index (κ2) is 4.58. The van der Waals surface area contributed by atoms with Gasteiger partial charge in [0.1, 0.15) is 0 Å². The predicted molar refractivity (Wildman–Crippen MR) is 77.5 cm³/mol. The third-order valence-electron chi connectivity index (χ3n) is 3.17. The van der Waals surface area contributed by atoms with Crippen LogP contribution in [0.2, 0.25) is 0 Å². The fourth-order valence-electron chi connectivity index (χ4n) is 2.25. The highest BCUT2D eigenvalue weighted by Gasteiger charge is 2.27. The highest BCUT2D eigenvalue weighted by Crippen LogP contribution is 2.34. The zero-order valence-electron chi connectivity index (χ0n) is 10.4. The van der Waals surface area contributed by atoms with Crippen molar-refractivity contribution >= 4 is 17.2 Å². The molecule has 3 rings (SSSR count). The summed E-state index contributed by atoms with van der Waals surface area (Å²) in [6, 6.07) is 19.4. The van der Waals surface area contributed by atoms with Crippen molar-refractivity contribution in [3.63, 3.8) is 0 Å². The molecular formula is C17H13NO. The molecule has 0 spiro atoms. The molecule has 2 aromatic carbocycles. The highest BCUT2D eigenvalue weighted by molar-refractivity contribution is 6.17. The van der Waals surface area contributed by atoms with Gasteiger partial charge in [-0.1, -0.05) is 55.1 Å². The summed E-state index contributed by atoms with van der Waals surface area (Å²) in [5.74, 6) is -0.0462. The van der Waals surface area contributed by atoms with Crippen LogP contribution in [0.3, 0.4) is 0 Å². The smallest absolute Gasteiger partial charge is 0.256 e. The lowest BCUT2D eigenvalue weighted by molar-refractivity contribution is -0.113. The van der Waals surface area contributed by atoms with E-state index in [-0.39, 0.29) is 5.91 Å². The normalized spacial score (nSPS) is 14.7. The van der Waals surface area contributed by atoms with Crippen molar-refractivity contribution < 1.29 is 4.79 Å². The number of carbonyl (C=O) groups excluding carboxylic acids is 1. The Labute approximate surface area is 112 Å². The van der Waals surface area contributed by atoms with Crippen molar-refractivity contribution in [2.24, 2.45) is 0 Å². The molecule has 0 N–H and O–H groups in total. The van der Waals surface area contributed by atoms with Gasteiger partial charge in [-0.25, -0.2) is 0 Å². The second-order valence-corrected chi connectivity index (χ2v) is 4.38. The van der Waals surface area contributed by atoms with Gasteiger partial charge in [-0.3, -0.25) is 9.69 Å². The van der Waals surface area contributed by atoms with Crippen LogP contribution in [0.15, 0.2) is 79.0 Å². The summed E-state index contributed by atoms with van der Waals surface area (Å²) in [5.41, 5.74) is 3.47. The van der Waals surface area contributed by atoms with Crippen LogP contribution >= 0.6 is 0 Å². The van der Waals surface area contributed by atoms with Gasteiger partial charge in [-0.15, -0.1) is 0 Å². The lowest BCUT2D eigenvalue weighted by Gasteiger charge is -2.19. The molecule has 0 aromatic heterocycles. The first-order valence-electron chi connectivity index (χ1n) is 6.13. The van der Waals surface area contributed by atoms with Crippen LogP contribution in [0.1, 0.15) is 5.56 Å². The van der Waals surface area contributed by atoms with E-state index in [1.807, 2.05) is 60.7 Å². The minimum atomic E-state index is -0.0462. The first-order valence-corrected chi connectivity index (χ1v) is 6.13. The van der Waals surface area contributed by atoms with Crippen molar-refractivity contribution in [2.75, 3.05) is 4.90 Å². The van der Waals surface area contributed by atoms with Gasteiger partial charge in [0.15, 0.2) is 0 Å². The zero-order valence-corrected chi connectivity index (χ0v) is 10.4. The van der Waals surface area contributed by atoms with Gasteiger partial charge in [-0.2, -0.15) is 0 Å². The number of hydrogen-bond donors (Lipinski definition) is 0. The number of carbonyl (C=O) groups is 1. The lowest BCUT2D eigenvalue weighted by atomic mass is 10.1. The zero-order chi connectivity index (χ0) is 13.2. The molecule has 2 aromatic rings. The van der Waals surface area contributed by atoms with Crippen LogP contribution in [0.4, 0.5) is 5.69 Å². The third kappa shape index (κ3) is 1.97. The Hall–Kier alpha value is -2.61. The number of anilines is 1. The molecule has 1 aliphatic rings. The van der Waals surface area contributed by atoms with Gasteiger partial charge in [0.2, 0.25) is 0 Å². The number of rotatable bonds is 2. The minimum absolute atomic E-state index is 0.0462. The SMILES string of the molecule is C=C1C(c2ccccc2)=CC(=O)N1c1ccccc1. The van der Waals surface area contributed by atoms with E-state index in [9.17, 15) is 4.79 Å². The average molecular weight is 247 g/mol. The molecule has 92 valence electrons. The van der Waals surface area contributed by atoms with Crippen LogP contribution in [0.5, 0.6) is 0 Å². The van der Waals surface area contributed by atoms with Crippen molar-refractivity contribution in [2.45, 2.75) is 0 Å². The molecule has 0 bridgehead atoms. The van der Waals surface area contributed by atoms with E-state index in [4.69, 9.17) is 0 Å². The summed E-state index contributed by atoms with van der Waals surface area (Å²) in [7, 11) is 0. The first-order chi connectivity index (χ1) is 9.27. The third-order valence-corrected chi connectivity index (χ3v) is 3.17. The maximum absolute atomic E-state index is 12.2. The molecule has 0 aliphatic carbocycles. The highest BCUT2D eigenvalue weighted by atomic mass is 16.2. The molecule has 0 fully saturated rings. The fourth-order valence-corrected chi connectivity index (χ4v) is 2.25. The van der Waals surface area contributed by atoms with Crippen molar-refractivity contribution in [1.82, 2.24) is 0 Å². The Kier molecular flexibility index (Phi) is 2.76. The number of amides is 1. The molecule has 0 unspecified atom stereocenters. The number of nitrogens with zero attached hydrogens (tertiary/aromatic N) is 1. The van der Waals surface area contributed by atoms with Crippen molar-refractivity contribution in [3.05, 3.63) is 84.6 Å². The predicted octanol–water partition coefficient (Wildman–Crippen LogP) is 3.63. The molecule has 19 heavy (non-hydrogen) atoms. The first kappa shape index (κ1) is 11.5. The van der Waals surface area contributed by atoms with Gasteiger partial charge in [0, 0.05) is 17.3 Å². The largest absolute Gasteiger partial charge is 0.277 e. The van der Waals surface area contributed by atoms with E-state index in [1.165, 1.54) is 0 Å². The molecule has 2 heteroatoms. The minimum Gasteiger partial charge on any atom is -0.277 e. The summed E-state index contributed by atoms with van der Waals surface area (Å²) in [5, 5.41) is 0. The quantitative estimate of drug-likeness (QED) is 0.793. The van der Waals surface area contributed by atoms with Crippen molar-refractivity contribution in [3.8, 4) is 0 Å². The summed E-state index contributed by atoms with van der Waals surface area (Å²) in [6.45, 7) is 4.06. The van der Waals surface area contributed by atoms with E-state index in [0.717, 1.165) is 22.5 Å².